The van der Waals surface area contributed by atoms with Crippen LogP contribution in [0, 0.1) is 6.92 Å². The van der Waals surface area contributed by atoms with Gasteiger partial charge in [-0.25, -0.2) is 4.98 Å². The zero-order chi connectivity index (χ0) is 13.4. The number of carbonyl (C=O) groups excluding carboxylic acids is 1. The molecule has 1 aliphatic rings. The molecule has 0 atom stereocenters. The molecule has 0 unspecified atom stereocenters. The van der Waals surface area contributed by atoms with Crippen LogP contribution in [-0.2, 0) is 7.05 Å². The largest absolute Gasteiger partial charge is 0.306 e. The molecule has 2 heterocycles. The van der Waals surface area contributed by atoms with Gasteiger partial charge in [0.1, 0.15) is 5.82 Å². The molecular formula is C14H16N4O. The third kappa shape index (κ3) is 2.36. The minimum absolute atomic E-state index is 0.161. The Morgan fingerprint density at radius 1 is 1.42 bits per heavy atom. The van der Waals surface area contributed by atoms with Crippen LogP contribution in [0.15, 0.2) is 24.4 Å². The molecule has 1 saturated carbocycles. The van der Waals surface area contributed by atoms with Gasteiger partial charge in [-0.05, 0) is 31.9 Å². The van der Waals surface area contributed by atoms with E-state index in [-0.39, 0.29) is 5.91 Å². The van der Waals surface area contributed by atoms with E-state index in [0.717, 1.165) is 11.4 Å². The predicted octanol–water partition coefficient (Wildman–Crippen LogP) is 2.25. The third-order valence-electron chi connectivity index (χ3n) is 3.49. The average Bonchev–Trinajstić information content (AvgIpc) is 3.18. The monoisotopic (exact) mass is 256 g/mol. The summed E-state index contributed by atoms with van der Waals surface area (Å²) < 4.78 is 1.68. The molecule has 98 valence electrons. The first-order valence-electron chi connectivity index (χ1n) is 6.42. The number of pyridine rings is 1. The first-order valence-corrected chi connectivity index (χ1v) is 6.42. The second kappa shape index (κ2) is 4.50. The van der Waals surface area contributed by atoms with Crippen LogP contribution in [0.1, 0.15) is 40.5 Å². The second-order valence-electron chi connectivity index (χ2n) is 4.94. The van der Waals surface area contributed by atoms with E-state index in [2.05, 4.69) is 15.4 Å². The van der Waals surface area contributed by atoms with E-state index in [1.54, 1.807) is 10.9 Å². The van der Waals surface area contributed by atoms with E-state index in [9.17, 15) is 4.79 Å². The molecule has 1 amide bonds. The van der Waals surface area contributed by atoms with E-state index in [4.69, 9.17) is 0 Å². The standard InChI is InChI=1S/C14H16N4O/c1-9-11(8-15-18(9)2)14(19)17-13-5-3-4-12(16-13)10-6-7-10/h3-5,8,10H,6-7H2,1-2H3,(H,16,17,19). The zero-order valence-electron chi connectivity index (χ0n) is 11.1. The SMILES string of the molecule is Cc1c(C(=O)Nc2cccc(C3CC3)n2)cnn1C. The van der Waals surface area contributed by atoms with Crippen LogP contribution in [0.2, 0.25) is 0 Å². The van der Waals surface area contributed by atoms with Crippen molar-refractivity contribution in [2.24, 2.45) is 7.05 Å². The first kappa shape index (κ1) is 11.9. The molecule has 1 fully saturated rings. The number of nitrogens with zero attached hydrogens (tertiary/aromatic N) is 3. The first-order chi connectivity index (χ1) is 9.15. The lowest BCUT2D eigenvalue weighted by molar-refractivity contribution is 0.102. The molecule has 2 aromatic rings. The molecular weight excluding hydrogens is 240 g/mol. The van der Waals surface area contributed by atoms with Crippen LogP contribution in [0.4, 0.5) is 5.82 Å². The highest BCUT2D eigenvalue weighted by atomic mass is 16.1. The van der Waals surface area contributed by atoms with Gasteiger partial charge in [0.15, 0.2) is 0 Å². The van der Waals surface area contributed by atoms with Gasteiger partial charge in [-0.2, -0.15) is 5.10 Å². The number of rotatable bonds is 3. The molecule has 1 N–H and O–H groups in total. The van der Waals surface area contributed by atoms with Crippen molar-refractivity contribution in [3.8, 4) is 0 Å². The Balaban J connectivity index is 1.79. The summed E-state index contributed by atoms with van der Waals surface area (Å²) in [6, 6.07) is 5.77. The van der Waals surface area contributed by atoms with Gasteiger partial charge in [0.25, 0.3) is 5.91 Å². The molecule has 5 nitrogen and oxygen atoms in total. The van der Waals surface area contributed by atoms with Gasteiger partial charge >= 0.3 is 0 Å². The van der Waals surface area contributed by atoms with E-state index >= 15 is 0 Å². The summed E-state index contributed by atoms with van der Waals surface area (Å²) >= 11 is 0. The molecule has 5 heteroatoms. The Morgan fingerprint density at radius 3 is 2.84 bits per heavy atom. The summed E-state index contributed by atoms with van der Waals surface area (Å²) in [5, 5.41) is 6.90. The Bertz CT molecular complexity index is 628. The summed E-state index contributed by atoms with van der Waals surface area (Å²) in [4.78, 5) is 16.6. The fourth-order valence-corrected chi connectivity index (χ4v) is 2.03. The Labute approximate surface area is 111 Å². The lowest BCUT2D eigenvalue weighted by atomic mass is 10.2. The van der Waals surface area contributed by atoms with Crippen molar-refractivity contribution in [3.63, 3.8) is 0 Å². The van der Waals surface area contributed by atoms with Crippen LogP contribution < -0.4 is 5.32 Å². The Hall–Kier alpha value is -2.17. The molecule has 0 spiro atoms. The van der Waals surface area contributed by atoms with E-state index in [0.29, 0.717) is 17.3 Å². The maximum atomic E-state index is 12.1. The summed E-state index contributed by atoms with van der Waals surface area (Å²) in [5.41, 5.74) is 2.50. The number of anilines is 1. The number of nitrogens with one attached hydrogen (secondary N) is 1. The van der Waals surface area contributed by atoms with Crippen LogP contribution in [-0.4, -0.2) is 20.7 Å². The summed E-state index contributed by atoms with van der Waals surface area (Å²) in [6.45, 7) is 1.87. The molecule has 0 aromatic carbocycles. The quantitative estimate of drug-likeness (QED) is 0.916. The smallest absolute Gasteiger partial charge is 0.260 e. The maximum Gasteiger partial charge on any atom is 0.260 e. The van der Waals surface area contributed by atoms with Crippen molar-refractivity contribution >= 4 is 11.7 Å². The van der Waals surface area contributed by atoms with Gasteiger partial charge in [0.05, 0.1) is 11.8 Å². The van der Waals surface area contributed by atoms with E-state index in [1.807, 2.05) is 32.2 Å². The fraction of sp³-hybridized carbons (Fsp3) is 0.357. The lowest BCUT2D eigenvalue weighted by Crippen LogP contribution is -2.14. The van der Waals surface area contributed by atoms with Crippen molar-refractivity contribution in [2.75, 3.05) is 5.32 Å². The minimum Gasteiger partial charge on any atom is -0.306 e. The van der Waals surface area contributed by atoms with Gasteiger partial charge in [0.2, 0.25) is 0 Å². The minimum atomic E-state index is -0.161. The van der Waals surface area contributed by atoms with Crippen LogP contribution in [0.5, 0.6) is 0 Å². The van der Waals surface area contributed by atoms with Gasteiger partial charge in [-0.1, -0.05) is 6.07 Å². The van der Waals surface area contributed by atoms with Crippen LogP contribution in [0.25, 0.3) is 0 Å². The third-order valence-corrected chi connectivity index (χ3v) is 3.49. The number of hydrogen-bond acceptors (Lipinski definition) is 3. The van der Waals surface area contributed by atoms with Gasteiger partial charge < -0.3 is 5.32 Å². The lowest BCUT2D eigenvalue weighted by Gasteiger charge is -2.05. The van der Waals surface area contributed by atoms with Crippen molar-refractivity contribution < 1.29 is 4.79 Å². The van der Waals surface area contributed by atoms with Crippen molar-refractivity contribution in [2.45, 2.75) is 25.7 Å². The number of aryl methyl sites for hydroxylation is 1. The number of hydrogen-bond donors (Lipinski definition) is 1. The molecule has 0 radical (unpaired) electrons. The molecule has 1 aliphatic carbocycles. The molecule has 19 heavy (non-hydrogen) atoms. The number of aromatic nitrogens is 3. The van der Waals surface area contributed by atoms with Crippen molar-refractivity contribution in [1.82, 2.24) is 14.8 Å². The predicted molar refractivity (Wildman–Crippen MR) is 72.1 cm³/mol. The number of amides is 1. The van der Waals surface area contributed by atoms with Crippen LogP contribution in [0.3, 0.4) is 0 Å². The Kier molecular flexibility index (Phi) is 2.81. The van der Waals surface area contributed by atoms with Crippen LogP contribution >= 0.6 is 0 Å². The van der Waals surface area contributed by atoms with Crippen molar-refractivity contribution in [3.05, 3.63) is 41.3 Å². The van der Waals surface area contributed by atoms with Gasteiger partial charge in [-0.3, -0.25) is 9.48 Å². The fourth-order valence-electron chi connectivity index (χ4n) is 2.03. The molecule has 0 bridgehead atoms. The molecule has 0 saturated heterocycles. The van der Waals surface area contributed by atoms with E-state index < -0.39 is 0 Å². The Morgan fingerprint density at radius 2 is 2.21 bits per heavy atom. The summed E-state index contributed by atoms with van der Waals surface area (Å²) in [6.07, 6.45) is 3.98. The van der Waals surface area contributed by atoms with Crippen molar-refractivity contribution in [1.29, 1.82) is 0 Å². The summed E-state index contributed by atoms with van der Waals surface area (Å²) in [5.74, 6) is 1.03. The van der Waals surface area contributed by atoms with E-state index in [1.165, 1.54) is 12.8 Å². The topological polar surface area (TPSA) is 59.8 Å². The molecule has 3 rings (SSSR count). The second-order valence-corrected chi connectivity index (χ2v) is 4.94. The highest BCUT2D eigenvalue weighted by molar-refractivity contribution is 6.04. The maximum absolute atomic E-state index is 12.1. The highest BCUT2D eigenvalue weighted by Crippen LogP contribution is 2.39. The van der Waals surface area contributed by atoms with Gasteiger partial charge in [-0.15, -0.1) is 0 Å². The van der Waals surface area contributed by atoms with Gasteiger partial charge in [0, 0.05) is 24.4 Å². The number of carbonyl (C=O) groups is 1. The summed E-state index contributed by atoms with van der Waals surface area (Å²) in [7, 11) is 1.82. The normalized spacial score (nSPS) is 14.4. The zero-order valence-corrected chi connectivity index (χ0v) is 11.1. The molecule has 0 aliphatic heterocycles. The molecule has 2 aromatic heterocycles. The highest BCUT2D eigenvalue weighted by Gasteiger charge is 2.25. The average molecular weight is 256 g/mol.